The Balaban J connectivity index is 2.06. The number of benzene rings is 1. The van der Waals surface area contributed by atoms with Crippen molar-refractivity contribution < 1.29 is 9.90 Å². The molecule has 1 aromatic carbocycles. The van der Waals surface area contributed by atoms with Crippen LogP contribution in [-0.4, -0.2) is 11.1 Å². The van der Waals surface area contributed by atoms with Crippen molar-refractivity contribution in [3.05, 3.63) is 35.4 Å². The molecule has 0 aliphatic heterocycles. The van der Waals surface area contributed by atoms with Crippen LogP contribution in [0, 0.1) is 5.92 Å². The van der Waals surface area contributed by atoms with Gasteiger partial charge in [0.1, 0.15) is 0 Å². The molecule has 17 heavy (non-hydrogen) atoms. The first-order valence-corrected chi connectivity index (χ1v) is 6.40. The van der Waals surface area contributed by atoms with Crippen LogP contribution < -0.4 is 0 Å². The van der Waals surface area contributed by atoms with E-state index in [9.17, 15) is 4.79 Å². The van der Waals surface area contributed by atoms with Crippen molar-refractivity contribution in [2.75, 3.05) is 0 Å². The summed E-state index contributed by atoms with van der Waals surface area (Å²) in [6, 6.07) is 8.69. The normalized spacial score (nSPS) is 24.2. The summed E-state index contributed by atoms with van der Waals surface area (Å²) < 4.78 is 0. The number of hydrogen-bond acceptors (Lipinski definition) is 1. The fourth-order valence-corrected chi connectivity index (χ4v) is 2.66. The van der Waals surface area contributed by atoms with Gasteiger partial charge in [-0.05, 0) is 42.2 Å². The zero-order valence-electron chi connectivity index (χ0n) is 10.5. The number of hydrogen-bond donors (Lipinski definition) is 1. The second-order valence-electron chi connectivity index (χ2n) is 5.37. The van der Waals surface area contributed by atoms with Crippen LogP contribution in [0.15, 0.2) is 24.3 Å². The third-order valence-electron chi connectivity index (χ3n) is 3.86. The second-order valence-corrected chi connectivity index (χ2v) is 5.37. The van der Waals surface area contributed by atoms with Gasteiger partial charge in [-0.25, -0.2) is 0 Å². The number of aliphatic carboxylic acids is 1. The third-order valence-corrected chi connectivity index (χ3v) is 3.86. The molecular weight excluding hydrogens is 212 g/mol. The zero-order valence-corrected chi connectivity index (χ0v) is 10.5. The maximum atomic E-state index is 10.9. The van der Waals surface area contributed by atoms with Crippen molar-refractivity contribution in [3.63, 3.8) is 0 Å². The van der Waals surface area contributed by atoms with Gasteiger partial charge in [-0.1, -0.05) is 38.1 Å². The van der Waals surface area contributed by atoms with Gasteiger partial charge in [0.05, 0.1) is 5.92 Å². The van der Waals surface area contributed by atoms with Crippen molar-refractivity contribution in [2.45, 2.75) is 44.9 Å². The fraction of sp³-hybridized carbons (Fsp3) is 0.533. The quantitative estimate of drug-likeness (QED) is 0.861. The van der Waals surface area contributed by atoms with Gasteiger partial charge in [-0.2, -0.15) is 0 Å². The molecule has 1 unspecified atom stereocenters. The third kappa shape index (κ3) is 2.68. The molecule has 2 heteroatoms. The smallest absolute Gasteiger partial charge is 0.306 e. The Kier molecular flexibility index (Phi) is 3.51. The first kappa shape index (κ1) is 12.2. The minimum atomic E-state index is -0.633. The standard InChI is InChI=1S/C15H20O2/c1-10(2)11-3-5-12(6-4-11)13-7-8-14(9-13)15(16)17/h3-6,10,13-14H,7-9H2,1-2H3,(H,16,17)/t13-,14?/m1/s1. The molecule has 2 atom stereocenters. The van der Waals surface area contributed by atoms with Crippen molar-refractivity contribution in [3.8, 4) is 0 Å². The van der Waals surface area contributed by atoms with E-state index in [4.69, 9.17) is 5.11 Å². The molecule has 1 aliphatic rings. The van der Waals surface area contributed by atoms with E-state index >= 15 is 0 Å². The van der Waals surface area contributed by atoms with Crippen molar-refractivity contribution in [1.29, 1.82) is 0 Å². The monoisotopic (exact) mass is 232 g/mol. The first-order valence-electron chi connectivity index (χ1n) is 6.40. The van der Waals surface area contributed by atoms with E-state index in [1.54, 1.807) is 0 Å². The molecule has 1 aliphatic carbocycles. The van der Waals surface area contributed by atoms with Crippen LogP contribution >= 0.6 is 0 Å². The molecule has 0 radical (unpaired) electrons. The highest BCUT2D eigenvalue weighted by atomic mass is 16.4. The van der Waals surface area contributed by atoms with Gasteiger partial charge < -0.3 is 5.11 Å². The van der Waals surface area contributed by atoms with E-state index in [0.29, 0.717) is 11.8 Å². The van der Waals surface area contributed by atoms with Crippen LogP contribution in [0.4, 0.5) is 0 Å². The lowest BCUT2D eigenvalue weighted by Crippen LogP contribution is -2.09. The Morgan fingerprint density at radius 1 is 1.24 bits per heavy atom. The van der Waals surface area contributed by atoms with Crippen molar-refractivity contribution in [1.82, 2.24) is 0 Å². The van der Waals surface area contributed by atoms with E-state index in [1.807, 2.05) is 0 Å². The Labute approximate surface area is 103 Å². The number of carbonyl (C=O) groups is 1. The summed E-state index contributed by atoms with van der Waals surface area (Å²) in [6.45, 7) is 4.37. The summed E-state index contributed by atoms with van der Waals surface area (Å²) in [5.41, 5.74) is 2.65. The molecule has 1 N–H and O–H groups in total. The SMILES string of the molecule is CC(C)c1ccc([C@@H]2CCC(C(=O)O)C2)cc1. The van der Waals surface area contributed by atoms with Crippen molar-refractivity contribution in [2.24, 2.45) is 5.92 Å². The topological polar surface area (TPSA) is 37.3 Å². The molecule has 1 aromatic rings. The number of carboxylic acid groups (broad SMARTS) is 1. The van der Waals surface area contributed by atoms with Gasteiger partial charge in [0, 0.05) is 0 Å². The lowest BCUT2D eigenvalue weighted by molar-refractivity contribution is -0.141. The predicted molar refractivity (Wildman–Crippen MR) is 68.2 cm³/mol. The molecule has 0 spiro atoms. The van der Waals surface area contributed by atoms with Crippen molar-refractivity contribution >= 4 is 5.97 Å². The van der Waals surface area contributed by atoms with Crippen LogP contribution in [0.25, 0.3) is 0 Å². The van der Waals surface area contributed by atoms with Gasteiger partial charge in [-0.3, -0.25) is 4.79 Å². The highest BCUT2D eigenvalue weighted by Gasteiger charge is 2.30. The second kappa shape index (κ2) is 4.91. The molecule has 1 saturated carbocycles. The summed E-state index contributed by atoms with van der Waals surface area (Å²) in [7, 11) is 0. The average molecular weight is 232 g/mol. The molecule has 0 aromatic heterocycles. The summed E-state index contributed by atoms with van der Waals surface area (Å²) in [6.07, 6.45) is 2.64. The van der Waals surface area contributed by atoms with Crippen LogP contribution in [0.3, 0.4) is 0 Å². The van der Waals surface area contributed by atoms with Crippen LogP contribution in [0.1, 0.15) is 56.1 Å². The van der Waals surface area contributed by atoms with E-state index in [1.165, 1.54) is 11.1 Å². The molecule has 0 saturated heterocycles. The van der Waals surface area contributed by atoms with Crippen LogP contribution in [0.5, 0.6) is 0 Å². The molecule has 1 fully saturated rings. The minimum absolute atomic E-state index is 0.134. The molecule has 0 heterocycles. The lowest BCUT2D eigenvalue weighted by atomic mass is 9.93. The lowest BCUT2D eigenvalue weighted by Gasteiger charge is -2.12. The van der Waals surface area contributed by atoms with E-state index in [2.05, 4.69) is 38.1 Å². The van der Waals surface area contributed by atoms with Gasteiger partial charge in [-0.15, -0.1) is 0 Å². The molecule has 2 nitrogen and oxygen atoms in total. The Bertz CT molecular complexity index is 392. The van der Waals surface area contributed by atoms with Crippen LogP contribution in [-0.2, 0) is 4.79 Å². The maximum absolute atomic E-state index is 10.9. The Hall–Kier alpha value is -1.31. The van der Waals surface area contributed by atoms with E-state index in [0.717, 1.165) is 19.3 Å². The summed E-state index contributed by atoms with van der Waals surface area (Å²) in [5.74, 6) is 0.229. The fourth-order valence-electron chi connectivity index (χ4n) is 2.66. The van der Waals surface area contributed by atoms with Gasteiger partial charge in [0.25, 0.3) is 0 Å². The molecule has 92 valence electrons. The highest BCUT2D eigenvalue weighted by Crippen LogP contribution is 2.38. The van der Waals surface area contributed by atoms with E-state index in [-0.39, 0.29) is 5.92 Å². The van der Waals surface area contributed by atoms with E-state index < -0.39 is 5.97 Å². The molecule has 2 rings (SSSR count). The zero-order chi connectivity index (χ0) is 12.4. The number of rotatable bonds is 3. The maximum Gasteiger partial charge on any atom is 0.306 e. The van der Waals surface area contributed by atoms with Gasteiger partial charge in [0.15, 0.2) is 0 Å². The summed E-state index contributed by atoms with van der Waals surface area (Å²) in [5, 5.41) is 8.99. The minimum Gasteiger partial charge on any atom is -0.481 e. The van der Waals surface area contributed by atoms with Gasteiger partial charge >= 0.3 is 5.97 Å². The molecule has 0 bridgehead atoms. The molecule has 0 amide bonds. The first-order chi connectivity index (χ1) is 8.08. The predicted octanol–water partition coefficient (Wildman–Crippen LogP) is 3.78. The largest absolute Gasteiger partial charge is 0.481 e. The Morgan fingerprint density at radius 3 is 2.35 bits per heavy atom. The summed E-state index contributed by atoms with van der Waals surface area (Å²) >= 11 is 0. The number of carboxylic acids is 1. The highest BCUT2D eigenvalue weighted by molar-refractivity contribution is 5.70. The van der Waals surface area contributed by atoms with Gasteiger partial charge in [0.2, 0.25) is 0 Å². The average Bonchev–Trinajstić information content (AvgIpc) is 2.78. The Morgan fingerprint density at radius 2 is 1.88 bits per heavy atom. The van der Waals surface area contributed by atoms with Crippen LogP contribution in [0.2, 0.25) is 0 Å². The summed E-state index contributed by atoms with van der Waals surface area (Å²) in [4.78, 5) is 10.9. The molecular formula is C15H20O2.